The number of rotatable bonds is 5. The molecule has 0 radical (unpaired) electrons. The van der Waals surface area contributed by atoms with Gasteiger partial charge in [0.2, 0.25) is 16.5 Å². The van der Waals surface area contributed by atoms with Crippen molar-refractivity contribution in [1.29, 1.82) is 0 Å². The molecule has 1 atom stereocenters. The summed E-state index contributed by atoms with van der Waals surface area (Å²) < 4.78 is 71.3. The largest absolute Gasteiger partial charge is 0.611 e. The summed E-state index contributed by atoms with van der Waals surface area (Å²) in [6, 6.07) is 0. The van der Waals surface area contributed by atoms with Crippen LogP contribution in [0.2, 0.25) is 0 Å². The number of amides is 1. The highest BCUT2D eigenvalue weighted by atomic mass is 32.2. The third-order valence-corrected chi connectivity index (χ3v) is 3.81. The number of hydrogen-bond acceptors (Lipinski definition) is 3. The molecule has 0 saturated carbocycles. The van der Waals surface area contributed by atoms with Crippen molar-refractivity contribution in [1.82, 2.24) is 5.32 Å². The molecule has 1 unspecified atom stereocenters. The second-order valence-corrected chi connectivity index (χ2v) is 7.37. The van der Waals surface area contributed by atoms with Crippen molar-refractivity contribution >= 4 is 17.3 Å². The molecule has 0 spiro atoms. The minimum atomic E-state index is -2.21. The highest BCUT2D eigenvalue weighted by Gasteiger charge is 2.30. The van der Waals surface area contributed by atoms with E-state index in [-0.39, 0.29) is 19.4 Å². The normalized spacial score (nSPS) is 12.9. The number of alkyl carbamates (subject to hydrolysis) is 1. The van der Waals surface area contributed by atoms with E-state index in [2.05, 4.69) is 5.32 Å². The van der Waals surface area contributed by atoms with Crippen LogP contribution in [-0.2, 0) is 22.3 Å². The van der Waals surface area contributed by atoms with Gasteiger partial charge in [-0.1, -0.05) is 0 Å². The standard InChI is InChI=1S/C15H19F4NO3S/c1-15(2,3)23-14(21)20-7-5-6-8-9(16)11(18)13(24(4)22)12(19)10(8)17/h5-7H2,1-4H3,(H,20,21). The molecular formula is C15H19F4NO3S. The molecule has 0 fully saturated rings. The first-order valence-corrected chi connectivity index (χ1v) is 8.66. The van der Waals surface area contributed by atoms with Crippen LogP contribution in [0, 0.1) is 23.3 Å². The molecular weight excluding hydrogens is 350 g/mol. The van der Waals surface area contributed by atoms with Crippen LogP contribution < -0.4 is 5.32 Å². The second kappa shape index (κ2) is 8.06. The summed E-state index contributed by atoms with van der Waals surface area (Å²) in [5, 5.41) is 2.37. The van der Waals surface area contributed by atoms with E-state index in [0.29, 0.717) is 0 Å². The van der Waals surface area contributed by atoms with E-state index < -0.39 is 56.6 Å². The summed E-state index contributed by atoms with van der Waals surface area (Å²) in [5.41, 5.74) is -1.48. The van der Waals surface area contributed by atoms with Crippen LogP contribution in [0.4, 0.5) is 22.4 Å². The van der Waals surface area contributed by atoms with Crippen LogP contribution >= 0.6 is 0 Å². The molecule has 0 heterocycles. The number of carbonyl (C=O) groups excluding carboxylic acids is 1. The van der Waals surface area contributed by atoms with Gasteiger partial charge >= 0.3 is 6.09 Å². The number of hydrogen-bond donors (Lipinski definition) is 1. The fourth-order valence-corrected chi connectivity index (χ4v) is 2.58. The topological polar surface area (TPSA) is 61.4 Å². The van der Waals surface area contributed by atoms with Crippen molar-refractivity contribution < 1.29 is 31.6 Å². The first-order chi connectivity index (χ1) is 11.0. The lowest BCUT2D eigenvalue weighted by molar-refractivity contribution is 0.0527. The smallest absolute Gasteiger partial charge is 0.407 e. The van der Waals surface area contributed by atoms with Crippen molar-refractivity contribution in [3.8, 4) is 0 Å². The van der Waals surface area contributed by atoms with Crippen molar-refractivity contribution in [2.45, 2.75) is 44.1 Å². The zero-order chi connectivity index (χ0) is 18.7. The van der Waals surface area contributed by atoms with Crippen LogP contribution in [0.1, 0.15) is 32.8 Å². The highest BCUT2D eigenvalue weighted by molar-refractivity contribution is 7.90. The molecule has 136 valence electrons. The predicted octanol–water partition coefficient (Wildman–Crippen LogP) is 3.44. The monoisotopic (exact) mass is 369 g/mol. The lowest BCUT2D eigenvalue weighted by atomic mass is 10.1. The van der Waals surface area contributed by atoms with Gasteiger partial charge in [0.25, 0.3) is 0 Å². The first-order valence-electron chi connectivity index (χ1n) is 7.10. The Bertz CT molecular complexity index is 589. The average molecular weight is 369 g/mol. The summed E-state index contributed by atoms with van der Waals surface area (Å²) in [7, 11) is 0. The Kier molecular flexibility index (Phi) is 6.91. The van der Waals surface area contributed by atoms with Crippen LogP contribution in [0.3, 0.4) is 0 Å². The second-order valence-electron chi connectivity index (χ2n) is 6.05. The van der Waals surface area contributed by atoms with Gasteiger partial charge in [0, 0.05) is 12.1 Å². The Morgan fingerprint density at radius 2 is 1.62 bits per heavy atom. The molecule has 0 aromatic heterocycles. The average Bonchev–Trinajstić information content (AvgIpc) is 2.42. The Morgan fingerprint density at radius 1 is 1.12 bits per heavy atom. The van der Waals surface area contributed by atoms with E-state index in [0.717, 1.165) is 6.26 Å². The van der Waals surface area contributed by atoms with Gasteiger partial charge in [-0.15, -0.1) is 0 Å². The van der Waals surface area contributed by atoms with Gasteiger partial charge < -0.3 is 14.6 Å². The minimum Gasteiger partial charge on any atom is -0.611 e. The molecule has 24 heavy (non-hydrogen) atoms. The number of ether oxygens (including phenoxy) is 1. The molecule has 1 N–H and O–H groups in total. The van der Waals surface area contributed by atoms with Crippen molar-refractivity contribution in [3.63, 3.8) is 0 Å². The van der Waals surface area contributed by atoms with Crippen molar-refractivity contribution in [3.05, 3.63) is 28.8 Å². The van der Waals surface area contributed by atoms with Gasteiger partial charge in [0.15, 0.2) is 11.6 Å². The zero-order valence-electron chi connectivity index (χ0n) is 13.8. The maximum atomic E-state index is 13.8. The highest BCUT2D eigenvalue weighted by Crippen LogP contribution is 2.28. The van der Waals surface area contributed by atoms with Gasteiger partial charge in [-0.25, -0.2) is 13.6 Å². The van der Waals surface area contributed by atoms with E-state index in [1.165, 1.54) is 0 Å². The van der Waals surface area contributed by atoms with E-state index >= 15 is 0 Å². The first kappa shape index (κ1) is 20.6. The van der Waals surface area contributed by atoms with Gasteiger partial charge in [-0.2, -0.15) is 8.78 Å². The van der Waals surface area contributed by atoms with E-state index in [9.17, 15) is 26.9 Å². The minimum absolute atomic E-state index is 0.00150. The van der Waals surface area contributed by atoms with E-state index in [1.807, 2.05) is 0 Å². The predicted molar refractivity (Wildman–Crippen MR) is 81.2 cm³/mol. The number of benzene rings is 1. The maximum absolute atomic E-state index is 13.8. The Hall–Kier alpha value is -1.48. The van der Waals surface area contributed by atoms with Crippen LogP contribution in [0.15, 0.2) is 4.90 Å². The Morgan fingerprint density at radius 3 is 2.04 bits per heavy atom. The molecule has 1 amide bonds. The summed E-state index contributed by atoms with van der Waals surface area (Å²) in [5.74, 6) is -6.47. The third kappa shape index (κ3) is 5.27. The maximum Gasteiger partial charge on any atom is 0.407 e. The molecule has 9 heteroatoms. The Labute approximate surface area is 140 Å². The lowest BCUT2D eigenvalue weighted by Crippen LogP contribution is -2.33. The molecule has 1 aromatic carbocycles. The van der Waals surface area contributed by atoms with Gasteiger partial charge in [-0.05, 0) is 44.8 Å². The SMILES string of the molecule is C[S+]([O-])c1c(F)c(F)c(CCCNC(=O)OC(C)(C)C)c(F)c1F. The van der Waals surface area contributed by atoms with Crippen LogP contribution in [-0.4, -0.2) is 29.0 Å². The number of carbonyl (C=O) groups is 1. The summed E-state index contributed by atoms with van der Waals surface area (Å²) in [6.07, 6.45) is -0.110. The summed E-state index contributed by atoms with van der Waals surface area (Å²) in [4.78, 5) is 10.3. The fourth-order valence-electron chi connectivity index (χ4n) is 1.90. The third-order valence-electron chi connectivity index (χ3n) is 2.87. The van der Waals surface area contributed by atoms with Gasteiger partial charge in [-0.3, -0.25) is 0 Å². The molecule has 0 aliphatic carbocycles. The number of nitrogens with one attached hydrogen (secondary N) is 1. The van der Waals surface area contributed by atoms with Gasteiger partial charge in [0.05, 0.1) is 0 Å². The molecule has 1 aromatic rings. The van der Waals surface area contributed by atoms with Gasteiger partial charge in [0.1, 0.15) is 11.9 Å². The fraction of sp³-hybridized carbons (Fsp3) is 0.533. The molecule has 1 rings (SSSR count). The molecule has 0 aliphatic heterocycles. The van der Waals surface area contributed by atoms with Crippen molar-refractivity contribution in [2.24, 2.45) is 0 Å². The van der Waals surface area contributed by atoms with Crippen LogP contribution in [0.25, 0.3) is 0 Å². The van der Waals surface area contributed by atoms with E-state index in [4.69, 9.17) is 4.74 Å². The molecule has 0 bridgehead atoms. The van der Waals surface area contributed by atoms with Crippen LogP contribution in [0.5, 0.6) is 0 Å². The Balaban J connectivity index is 2.75. The summed E-state index contributed by atoms with van der Waals surface area (Å²) in [6.45, 7) is 5.00. The lowest BCUT2D eigenvalue weighted by Gasteiger charge is -2.19. The zero-order valence-corrected chi connectivity index (χ0v) is 14.6. The quantitative estimate of drug-likeness (QED) is 0.374. The summed E-state index contributed by atoms with van der Waals surface area (Å²) >= 11 is -2.21. The van der Waals surface area contributed by atoms with Crippen molar-refractivity contribution in [2.75, 3.05) is 12.8 Å². The molecule has 0 saturated heterocycles. The van der Waals surface area contributed by atoms with E-state index in [1.54, 1.807) is 20.8 Å². The molecule has 0 aliphatic rings. The molecule has 4 nitrogen and oxygen atoms in total. The number of halogens is 4.